The lowest BCUT2D eigenvalue weighted by Crippen LogP contribution is -2.27. The van der Waals surface area contributed by atoms with Crippen molar-refractivity contribution in [3.63, 3.8) is 0 Å². The molecule has 0 saturated heterocycles. The van der Waals surface area contributed by atoms with Crippen molar-refractivity contribution in [2.75, 3.05) is 12.3 Å². The largest absolute Gasteiger partial charge is 0.398 e. The van der Waals surface area contributed by atoms with E-state index in [-0.39, 0.29) is 5.91 Å². The SMILES string of the molecule is CC1(C)C(CNC(=O)c2ccccc2N)C1(C)C. The fraction of sp³-hybridized carbons (Fsp3) is 0.533. The minimum Gasteiger partial charge on any atom is -0.398 e. The number of hydrogen-bond acceptors (Lipinski definition) is 2. The summed E-state index contributed by atoms with van der Waals surface area (Å²) in [4.78, 5) is 12.0. The van der Waals surface area contributed by atoms with Gasteiger partial charge >= 0.3 is 0 Å². The van der Waals surface area contributed by atoms with Gasteiger partial charge in [-0.3, -0.25) is 4.79 Å². The molecular weight excluding hydrogens is 224 g/mol. The van der Waals surface area contributed by atoms with Gasteiger partial charge in [0.2, 0.25) is 0 Å². The number of amides is 1. The van der Waals surface area contributed by atoms with Crippen molar-refractivity contribution >= 4 is 11.6 Å². The van der Waals surface area contributed by atoms with Gasteiger partial charge < -0.3 is 11.1 Å². The molecule has 3 nitrogen and oxygen atoms in total. The summed E-state index contributed by atoms with van der Waals surface area (Å²) >= 11 is 0. The van der Waals surface area contributed by atoms with Gasteiger partial charge in [-0.2, -0.15) is 0 Å². The molecule has 1 amide bonds. The van der Waals surface area contributed by atoms with E-state index in [9.17, 15) is 4.79 Å². The van der Waals surface area contributed by atoms with Crippen molar-refractivity contribution in [1.82, 2.24) is 5.32 Å². The van der Waals surface area contributed by atoms with Crippen LogP contribution in [0.25, 0.3) is 0 Å². The summed E-state index contributed by atoms with van der Waals surface area (Å²) in [7, 11) is 0. The molecule has 0 atom stereocenters. The fourth-order valence-electron chi connectivity index (χ4n) is 2.84. The second-order valence-electron chi connectivity index (χ2n) is 6.29. The zero-order valence-corrected chi connectivity index (χ0v) is 11.6. The van der Waals surface area contributed by atoms with Gasteiger partial charge in [0.25, 0.3) is 5.91 Å². The first-order valence-electron chi connectivity index (χ1n) is 6.41. The lowest BCUT2D eigenvalue weighted by Gasteiger charge is -2.08. The molecule has 1 aliphatic rings. The molecule has 1 aliphatic carbocycles. The zero-order chi connectivity index (χ0) is 13.6. The standard InChI is InChI=1S/C15H22N2O/c1-14(2)12(15(14,3)4)9-17-13(18)10-7-5-6-8-11(10)16/h5-8,12H,9,16H2,1-4H3,(H,17,18). The van der Waals surface area contributed by atoms with Crippen LogP contribution in [0.3, 0.4) is 0 Å². The van der Waals surface area contributed by atoms with Crippen LogP contribution in [-0.2, 0) is 0 Å². The normalized spacial score (nSPS) is 20.4. The highest BCUT2D eigenvalue weighted by molar-refractivity contribution is 5.99. The Morgan fingerprint density at radius 1 is 1.22 bits per heavy atom. The van der Waals surface area contributed by atoms with Crippen LogP contribution in [0.4, 0.5) is 5.69 Å². The number of hydrogen-bond donors (Lipinski definition) is 2. The van der Waals surface area contributed by atoms with Gasteiger partial charge in [-0.15, -0.1) is 0 Å². The second-order valence-corrected chi connectivity index (χ2v) is 6.29. The number of carbonyl (C=O) groups excluding carboxylic acids is 1. The first-order chi connectivity index (χ1) is 8.28. The van der Waals surface area contributed by atoms with Gasteiger partial charge in [0.15, 0.2) is 0 Å². The zero-order valence-electron chi connectivity index (χ0n) is 11.6. The Morgan fingerprint density at radius 2 is 1.78 bits per heavy atom. The van der Waals surface area contributed by atoms with E-state index >= 15 is 0 Å². The van der Waals surface area contributed by atoms with Crippen LogP contribution in [0.5, 0.6) is 0 Å². The molecule has 0 unspecified atom stereocenters. The predicted octanol–water partition coefficient (Wildman–Crippen LogP) is 2.68. The fourth-order valence-corrected chi connectivity index (χ4v) is 2.84. The summed E-state index contributed by atoms with van der Waals surface area (Å²) in [6, 6.07) is 7.17. The monoisotopic (exact) mass is 246 g/mol. The highest BCUT2D eigenvalue weighted by Gasteiger charge is 2.64. The number of carbonyl (C=O) groups is 1. The summed E-state index contributed by atoms with van der Waals surface area (Å²) < 4.78 is 0. The minimum absolute atomic E-state index is 0.0772. The highest BCUT2D eigenvalue weighted by Crippen LogP contribution is 2.67. The molecule has 0 spiro atoms. The van der Waals surface area contributed by atoms with Crippen LogP contribution >= 0.6 is 0 Å². The number of nitrogens with two attached hydrogens (primary N) is 1. The minimum atomic E-state index is -0.0772. The van der Waals surface area contributed by atoms with Gasteiger partial charge in [0.05, 0.1) is 5.56 Å². The van der Waals surface area contributed by atoms with Crippen molar-refractivity contribution in [3.05, 3.63) is 29.8 Å². The van der Waals surface area contributed by atoms with E-state index < -0.39 is 0 Å². The van der Waals surface area contributed by atoms with Crippen LogP contribution in [0.1, 0.15) is 38.1 Å². The summed E-state index contributed by atoms with van der Waals surface area (Å²) in [5.74, 6) is 0.450. The Kier molecular flexibility index (Phi) is 2.88. The Bertz CT molecular complexity index is 463. The van der Waals surface area contributed by atoms with Gasteiger partial charge in [-0.1, -0.05) is 39.8 Å². The maximum absolute atomic E-state index is 12.0. The second kappa shape index (κ2) is 4.01. The molecule has 3 N–H and O–H groups in total. The lowest BCUT2D eigenvalue weighted by molar-refractivity contribution is 0.0951. The van der Waals surface area contributed by atoms with Gasteiger partial charge in [0, 0.05) is 12.2 Å². The smallest absolute Gasteiger partial charge is 0.253 e. The Balaban J connectivity index is 1.97. The number of nitrogens with one attached hydrogen (secondary N) is 1. The molecule has 0 heterocycles. The third-order valence-corrected chi connectivity index (χ3v) is 4.99. The molecule has 1 aromatic carbocycles. The summed E-state index contributed by atoms with van der Waals surface area (Å²) in [6.45, 7) is 9.72. The number of nitrogen functional groups attached to an aromatic ring is 1. The molecule has 1 saturated carbocycles. The van der Waals surface area contributed by atoms with Crippen molar-refractivity contribution in [1.29, 1.82) is 0 Å². The van der Waals surface area contributed by atoms with Crippen LogP contribution in [0.15, 0.2) is 24.3 Å². The summed E-state index contributed by atoms with van der Waals surface area (Å²) in [5.41, 5.74) is 7.47. The molecule has 98 valence electrons. The molecule has 0 bridgehead atoms. The molecule has 0 radical (unpaired) electrons. The van der Waals surface area contributed by atoms with Crippen molar-refractivity contribution < 1.29 is 4.79 Å². The predicted molar refractivity (Wildman–Crippen MR) is 74.2 cm³/mol. The van der Waals surface area contributed by atoms with Crippen LogP contribution in [-0.4, -0.2) is 12.5 Å². The van der Waals surface area contributed by atoms with Crippen molar-refractivity contribution in [3.8, 4) is 0 Å². The van der Waals surface area contributed by atoms with Crippen LogP contribution < -0.4 is 11.1 Å². The van der Waals surface area contributed by atoms with Crippen LogP contribution in [0, 0.1) is 16.7 Å². The van der Waals surface area contributed by atoms with Gasteiger partial charge in [0.1, 0.15) is 0 Å². The lowest BCUT2D eigenvalue weighted by atomic mass is 10.0. The molecule has 1 fully saturated rings. The van der Waals surface area contributed by atoms with Gasteiger partial charge in [-0.05, 0) is 28.9 Å². The number of rotatable bonds is 3. The topological polar surface area (TPSA) is 55.1 Å². The maximum atomic E-state index is 12.0. The van der Waals surface area contributed by atoms with E-state index in [1.165, 1.54) is 0 Å². The number of para-hydroxylation sites is 1. The molecule has 1 aromatic rings. The van der Waals surface area contributed by atoms with E-state index in [4.69, 9.17) is 5.73 Å². The summed E-state index contributed by atoms with van der Waals surface area (Å²) in [6.07, 6.45) is 0. The molecule has 3 heteroatoms. The summed E-state index contributed by atoms with van der Waals surface area (Å²) in [5, 5.41) is 2.99. The molecule has 0 aliphatic heterocycles. The molecular formula is C15H22N2O. The average molecular weight is 246 g/mol. The van der Waals surface area contributed by atoms with E-state index in [0.29, 0.717) is 34.5 Å². The maximum Gasteiger partial charge on any atom is 0.253 e. The number of anilines is 1. The van der Waals surface area contributed by atoms with Crippen molar-refractivity contribution in [2.45, 2.75) is 27.7 Å². The average Bonchev–Trinajstić information content (AvgIpc) is 2.67. The first-order valence-corrected chi connectivity index (χ1v) is 6.41. The third-order valence-electron chi connectivity index (χ3n) is 4.99. The Morgan fingerprint density at radius 3 is 2.28 bits per heavy atom. The van der Waals surface area contributed by atoms with E-state index in [0.717, 1.165) is 0 Å². The first kappa shape index (κ1) is 12.9. The highest BCUT2D eigenvalue weighted by atomic mass is 16.1. The molecule has 18 heavy (non-hydrogen) atoms. The van der Waals surface area contributed by atoms with Crippen LogP contribution in [0.2, 0.25) is 0 Å². The third kappa shape index (κ3) is 1.88. The quantitative estimate of drug-likeness (QED) is 0.806. The molecule has 2 rings (SSSR count). The Hall–Kier alpha value is -1.51. The van der Waals surface area contributed by atoms with Gasteiger partial charge in [-0.25, -0.2) is 0 Å². The molecule has 0 aromatic heterocycles. The van der Waals surface area contributed by atoms with E-state index in [1.807, 2.05) is 12.1 Å². The Labute approximate surface area is 109 Å². The van der Waals surface area contributed by atoms with Crippen molar-refractivity contribution in [2.24, 2.45) is 16.7 Å². The number of benzene rings is 1. The van der Waals surface area contributed by atoms with E-state index in [1.54, 1.807) is 12.1 Å². The van der Waals surface area contributed by atoms with E-state index in [2.05, 4.69) is 33.0 Å².